The number of sulfonamides is 1. The van der Waals surface area contributed by atoms with Crippen LogP contribution in [-0.2, 0) is 10.0 Å². The van der Waals surface area contributed by atoms with Crippen molar-refractivity contribution in [2.75, 3.05) is 19.6 Å². The lowest BCUT2D eigenvalue weighted by atomic mass is 10.2. The van der Waals surface area contributed by atoms with Crippen LogP contribution >= 0.6 is 0 Å². The molecule has 5 nitrogen and oxygen atoms in total. The van der Waals surface area contributed by atoms with Gasteiger partial charge in [-0.3, -0.25) is 0 Å². The Morgan fingerprint density at radius 3 is 2.39 bits per heavy atom. The summed E-state index contributed by atoms with van der Waals surface area (Å²) in [5, 5.41) is 11.8. The van der Waals surface area contributed by atoms with Crippen molar-refractivity contribution in [2.24, 2.45) is 0 Å². The molecular formula is C12H15N3O2S. The van der Waals surface area contributed by atoms with Crippen LogP contribution in [0.4, 0.5) is 0 Å². The third kappa shape index (κ3) is 2.25. The predicted molar refractivity (Wildman–Crippen MR) is 67.4 cm³/mol. The lowest BCUT2D eigenvalue weighted by molar-refractivity contribution is 0.249. The molecule has 18 heavy (non-hydrogen) atoms. The molecule has 1 aliphatic rings. The van der Waals surface area contributed by atoms with Gasteiger partial charge in [-0.15, -0.1) is 0 Å². The molecule has 0 amide bonds. The van der Waals surface area contributed by atoms with Crippen molar-refractivity contribution in [1.29, 1.82) is 5.26 Å². The zero-order valence-corrected chi connectivity index (χ0v) is 10.9. The Kier molecular flexibility index (Phi) is 3.66. The second kappa shape index (κ2) is 5.06. The van der Waals surface area contributed by atoms with Gasteiger partial charge in [-0.1, -0.05) is 6.92 Å². The van der Waals surface area contributed by atoms with E-state index >= 15 is 0 Å². The Hall–Kier alpha value is -1.42. The van der Waals surface area contributed by atoms with Crippen LogP contribution in [0.15, 0.2) is 29.2 Å². The molecule has 1 saturated heterocycles. The van der Waals surface area contributed by atoms with Gasteiger partial charge in [0.05, 0.1) is 16.5 Å². The van der Waals surface area contributed by atoms with Crippen molar-refractivity contribution in [1.82, 2.24) is 9.62 Å². The molecule has 6 heteroatoms. The van der Waals surface area contributed by atoms with Gasteiger partial charge >= 0.3 is 0 Å². The van der Waals surface area contributed by atoms with Gasteiger partial charge in [0.25, 0.3) is 0 Å². The number of hydrogen-bond donors (Lipinski definition) is 1. The summed E-state index contributed by atoms with van der Waals surface area (Å²) in [6.07, 6.45) is 0. The summed E-state index contributed by atoms with van der Waals surface area (Å²) in [5.74, 6) is 0. The standard InChI is InChI=1S/C12H15N3O2S/c1-2-15(11-8-14-9-11)18(16,17)12-5-3-10(7-13)4-6-12/h3-6,11,14H,2,8-9H2,1H3. The molecule has 0 saturated carbocycles. The van der Waals surface area contributed by atoms with Crippen LogP contribution in [0.2, 0.25) is 0 Å². The van der Waals surface area contributed by atoms with Gasteiger partial charge in [0.1, 0.15) is 0 Å². The van der Waals surface area contributed by atoms with Crippen LogP contribution in [0.5, 0.6) is 0 Å². The minimum Gasteiger partial charge on any atom is -0.313 e. The second-order valence-electron chi connectivity index (χ2n) is 4.16. The smallest absolute Gasteiger partial charge is 0.243 e. The zero-order valence-electron chi connectivity index (χ0n) is 10.1. The number of nitrogens with one attached hydrogen (secondary N) is 1. The van der Waals surface area contributed by atoms with Crippen LogP contribution in [0, 0.1) is 11.3 Å². The van der Waals surface area contributed by atoms with Crippen molar-refractivity contribution in [3.8, 4) is 6.07 Å². The summed E-state index contributed by atoms with van der Waals surface area (Å²) < 4.78 is 26.3. The number of likely N-dealkylation sites (N-methyl/N-ethyl adjacent to an activating group) is 1. The van der Waals surface area contributed by atoms with Gasteiger partial charge < -0.3 is 5.32 Å². The van der Waals surface area contributed by atoms with Crippen LogP contribution < -0.4 is 5.32 Å². The van der Waals surface area contributed by atoms with E-state index in [2.05, 4.69) is 5.32 Å². The number of nitriles is 1. The average Bonchev–Trinajstić information content (AvgIpc) is 2.33. The highest BCUT2D eigenvalue weighted by Crippen LogP contribution is 2.20. The molecule has 96 valence electrons. The second-order valence-corrected chi connectivity index (χ2v) is 6.05. The van der Waals surface area contributed by atoms with E-state index in [-0.39, 0.29) is 10.9 Å². The van der Waals surface area contributed by atoms with E-state index in [1.54, 1.807) is 0 Å². The van der Waals surface area contributed by atoms with E-state index < -0.39 is 10.0 Å². The normalized spacial score (nSPS) is 16.3. The highest BCUT2D eigenvalue weighted by Gasteiger charge is 2.33. The van der Waals surface area contributed by atoms with Crippen molar-refractivity contribution >= 4 is 10.0 Å². The molecule has 0 unspecified atom stereocenters. The molecule has 0 atom stereocenters. The van der Waals surface area contributed by atoms with Crippen molar-refractivity contribution < 1.29 is 8.42 Å². The fraction of sp³-hybridized carbons (Fsp3) is 0.417. The van der Waals surface area contributed by atoms with Gasteiger partial charge in [-0.25, -0.2) is 8.42 Å². The minimum absolute atomic E-state index is 0.0376. The molecule has 1 aliphatic heterocycles. The van der Waals surface area contributed by atoms with E-state index in [0.717, 1.165) is 0 Å². The molecule has 1 aromatic carbocycles. The van der Waals surface area contributed by atoms with Crippen LogP contribution in [0.1, 0.15) is 12.5 Å². The van der Waals surface area contributed by atoms with Crippen LogP contribution in [0.25, 0.3) is 0 Å². The molecule has 0 bridgehead atoms. The number of hydrogen-bond acceptors (Lipinski definition) is 4. The van der Waals surface area contributed by atoms with Crippen LogP contribution in [0.3, 0.4) is 0 Å². The predicted octanol–water partition coefficient (Wildman–Crippen LogP) is 0.541. The quantitative estimate of drug-likeness (QED) is 0.862. The monoisotopic (exact) mass is 265 g/mol. The fourth-order valence-corrected chi connectivity index (χ4v) is 3.57. The Morgan fingerprint density at radius 1 is 1.39 bits per heavy atom. The van der Waals surface area contributed by atoms with Gasteiger partial charge in [-0.05, 0) is 24.3 Å². The number of benzene rings is 1. The van der Waals surface area contributed by atoms with E-state index in [9.17, 15) is 8.42 Å². The lowest BCUT2D eigenvalue weighted by Gasteiger charge is -2.36. The first-order valence-electron chi connectivity index (χ1n) is 5.82. The maximum Gasteiger partial charge on any atom is 0.243 e. The highest BCUT2D eigenvalue weighted by atomic mass is 32.2. The molecule has 0 radical (unpaired) electrons. The molecule has 2 rings (SSSR count). The van der Waals surface area contributed by atoms with Crippen molar-refractivity contribution in [3.63, 3.8) is 0 Å². The topological polar surface area (TPSA) is 73.2 Å². The first-order chi connectivity index (χ1) is 8.59. The molecule has 0 spiro atoms. The Bertz CT molecular complexity index is 556. The average molecular weight is 265 g/mol. The summed E-state index contributed by atoms with van der Waals surface area (Å²) in [7, 11) is -3.45. The summed E-state index contributed by atoms with van der Waals surface area (Å²) in [6.45, 7) is 3.68. The molecule has 1 N–H and O–H groups in total. The van der Waals surface area contributed by atoms with Crippen molar-refractivity contribution in [2.45, 2.75) is 17.9 Å². The minimum atomic E-state index is -3.45. The van der Waals surface area contributed by atoms with Gasteiger partial charge in [-0.2, -0.15) is 9.57 Å². The lowest BCUT2D eigenvalue weighted by Crippen LogP contribution is -2.58. The number of nitrogens with zero attached hydrogens (tertiary/aromatic N) is 2. The van der Waals surface area contributed by atoms with E-state index in [1.807, 2.05) is 13.0 Å². The molecule has 1 heterocycles. The Morgan fingerprint density at radius 2 is 2.00 bits per heavy atom. The summed E-state index contributed by atoms with van der Waals surface area (Å²) >= 11 is 0. The Balaban J connectivity index is 2.31. The maximum absolute atomic E-state index is 12.4. The van der Waals surface area contributed by atoms with Gasteiger partial charge in [0, 0.05) is 25.7 Å². The largest absolute Gasteiger partial charge is 0.313 e. The van der Waals surface area contributed by atoms with E-state index in [0.29, 0.717) is 25.2 Å². The van der Waals surface area contributed by atoms with Gasteiger partial charge in [0.15, 0.2) is 0 Å². The first-order valence-corrected chi connectivity index (χ1v) is 7.26. The Labute approximate surface area is 107 Å². The first kappa shape index (κ1) is 13.0. The maximum atomic E-state index is 12.4. The highest BCUT2D eigenvalue weighted by molar-refractivity contribution is 7.89. The zero-order chi connectivity index (χ0) is 13.2. The molecule has 0 aromatic heterocycles. The summed E-state index contributed by atoms with van der Waals surface area (Å²) in [5.41, 5.74) is 0.460. The summed E-state index contributed by atoms with van der Waals surface area (Å²) in [6, 6.07) is 8.05. The van der Waals surface area contributed by atoms with Crippen LogP contribution in [-0.4, -0.2) is 38.4 Å². The molecule has 1 fully saturated rings. The number of rotatable bonds is 4. The van der Waals surface area contributed by atoms with Gasteiger partial charge in [0.2, 0.25) is 10.0 Å². The van der Waals surface area contributed by atoms with E-state index in [4.69, 9.17) is 5.26 Å². The molecular weight excluding hydrogens is 250 g/mol. The third-order valence-corrected chi connectivity index (χ3v) is 5.11. The van der Waals surface area contributed by atoms with E-state index in [1.165, 1.54) is 28.6 Å². The fourth-order valence-electron chi connectivity index (χ4n) is 1.94. The summed E-state index contributed by atoms with van der Waals surface area (Å²) in [4.78, 5) is 0.246. The third-order valence-electron chi connectivity index (χ3n) is 3.07. The molecule has 0 aliphatic carbocycles. The SMILES string of the molecule is CCN(C1CNC1)S(=O)(=O)c1ccc(C#N)cc1. The molecule has 1 aromatic rings. The van der Waals surface area contributed by atoms with Crippen molar-refractivity contribution in [3.05, 3.63) is 29.8 Å².